The molecule has 0 fully saturated rings. The van der Waals surface area contributed by atoms with Crippen LogP contribution in [0, 0.1) is 0 Å². The molecule has 1 N–H and O–H groups in total. The number of methoxy groups -OCH3 is 1. The average Bonchev–Trinajstić information content (AvgIpc) is 2.52. The molecule has 0 atom stereocenters. The Kier molecular flexibility index (Phi) is 2.00. The molecule has 0 unspecified atom stereocenters. The van der Waals surface area contributed by atoms with Gasteiger partial charge in [0, 0.05) is 11.8 Å². The predicted molar refractivity (Wildman–Crippen MR) is 50.1 cm³/mol. The number of aliphatic hydroxyl groups is 1. The summed E-state index contributed by atoms with van der Waals surface area (Å²) in [4.78, 5) is 26.6. The van der Waals surface area contributed by atoms with E-state index < -0.39 is 11.8 Å². The summed E-state index contributed by atoms with van der Waals surface area (Å²) in [7, 11) is 1.15. The number of carbonyl (C=O) groups is 2. The van der Waals surface area contributed by atoms with E-state index in [9.17, 15) is 14.7 Å². The molecule has 0 spiro atoms. The number of ketones is 1. The minimum atomic E-state index is -0.851. The molecule has 0 aromatic carbocycles. The van der Waals surface area contributed by atoms with Crippen molar-refractivity contribution in [2.45, 2.75) is 0 Å². The zero-order valence-electron chi connectivity index (χ0n) is 7.85. The van der Waals surface area contributed by atoms with E-state index in [1.165, 1.54) is 12.3 Å². The molecule has 2 rings (SSSR count). The van der Waals surface area contributed by atoms with Crippen LogP contribution in [-0.4, -0.2) is 29.0 Å². The van der Waals surface area contributed by atoms with Crippen molar-refractivity contribution in [2.75, 3.05) is 7.11 Å². The van der Waals surface area contributed by atoms with Gasteiger partial charge in [-0.05, 0) is 12.1 Å². The molecular weight excluding hydrogens is 198 g/mol. The monoisotopic (exact) mass is 205 g/mol. The van der Waals surface area contributed by atoms with Gasteiger partial charge in [-0.25, -0.2) is 4.79 Å². The number of fused-ring (bicyclic) bond motifs is 1. The smallest absolute Gasteiger partial charge is 0.345 e. The summed E-state index contributed by atoms with van der Waals surface area (Å²) in [5, 5.41) is 9.63. The molecule has 0 bridgehead atoms. The summed E-state index contributed by atoms with van der Waals surface area (Å²) >= 11 is 0. The zero-order valence-corrected chi connectivity index (χ0v) is 7.85. The second-order valence-corrected chi connectivity index (χ2v) is 2.94. The number of rotatable bonds is 1. The number of nitrogens with zero attached hydrogens (tertiary/aromatic N) is 1. The van der Waals surface area contributed by atoms with E-state index in [1.54, 1.807) is 6.07 Å². The molecule has 15 heavy (non-hydrogen) atoms. The van der Waals surface area contributed by atoms with E-state index in [2.05, 4.69) is 9.72 Å². The van der Waals surface area contributed by atoms with Gasteiger partial charge in [-0.1, -0.05) is 0 Å². The molecule has 76 valence electrons. The van der Waals surface area contributed by atoms with E-state index in [0.29, 0.717) is 0 Å². The van der Waals surface area contributed by atoms with Crippen molar-refractivity contribution in [3.05, 3.63) is 35.2 Å². The highest BCUT2D eigenvalue weighted by molar-refractivity contribution is 6.31. The van der Waals surface area contributed by atoms with Gasteiger partial charge in [0.1, 0.15) is 11.5 Å². The Morgan fingerprint density at radius 1 is 1.53 bits per heavy atom. The second kappa shape index (κ2) is 3.20. The SMILES string of the molecule is COC(=O)C1=C(O)c2cccnc2C1=O. The minimum Gasteiger partial charge on any atom is -0.506 e. The predicted octanol–water partition coefficient (Wildman–Crippen LogP) is 0.720. The van der Waals surface area contributed by atoms with Crippen molar-refractivity contribution < 1.29 is 19.4 Å². The van der Waals surface area contributed by atoms with Gasteiger partial charge in [0.2, 0.25) is 5.78 Å². The number of carbonyl (C=O) groups excluding carboxylic acids is 2. The summed E-state index contributed by atoms with van der Waals surface area (Å²) in [6.45, 7) is 0. The highest BCUT2D eigenvalue weighted by Crippen LogP contribution is 2.29. The Labute approximate surface area is 85.0 Å². The van der Waals surface area contributed by atoms with Gasteiger partial charge >= 0.3 is 5.97 Å². The maximum atomic E-state index is 11.6. The van der Waals surface area contributed by atoms with Gasteiger partial charge in [0.05, 0.1) is 7.11 Å². The third kappa shape index (κ3) is 1.20. The molecule has 0 aliphatic heterocycles. The van der Waals surface area contributed by atoms with Crippen molar-refractivity contribution in [3.8, 4) is 0 Å². The van der Waals surface area contributed by atoms with Crippen molar-refractivity contribution in [1.82, 2.24) is 4.98 Å². The molecular formula is C10H7NO4. The Morgan fingerprint density at radius 3 is 2.87 bits per heavy atom. The quantitative estimate of drug-likeness (QED) is 0.540. The molecule has 5 nitrogen and oxygen atoms in total. The molecule has 1 heterocycles. The van der Waals surface area contributed by atoms with Crippen molar-refractivity contribution in [2.24, 2.45) is 0 Å². The fourth-order valence-electron chi connectivity index (χ4n) is 1.43. The van der Waals surface area contributed by atoms with Gasteiger partial charge in [-0.3, -0.25) is 9.78 Å². The van der Waals surface area contributed by atoms with Crippen LogP contribution in [0.3, 0.4) is 0 Å². The molecule has 0 amide bonds. The standard InChI is InChI=1S/C10H7NO4/c1-15-10(14)6-8(12)5-3-2-4-11-7(5)9(6)13/h2-4,12H,1H3. The Bertz CT molecular complexity index is 490. The van der Waals surface area contributed by atoms with Crippen LogP contribution < -0.4 is 0 Å². The molecule has 0 saturated carbocycles. The van der Waals surface area contributed by atoms with Crippen LogP contribution in [-0.2, 0) is 9.53 Å². The highest BCUT2D eigenvalue weighted by atomic mass is 16.5. The lowest BCUT2D eigenvalue weighted by molar-refractivity contribution is -0.135. The zero-order chi connectivity index (χ0) is 11.0. The summed E-state index contributed by atoms with van der Waals surface area (Å²) in [5.74, 6) is -1.82. The lowest BCUT2D eigenvalue weighted by Crippen LogP contribution is -2.12. The Hall–Kier alpha value is -2.17. The number of hydrogen-bond donors (Lipinski definition) is 1. The largest absolute Gasteiger partial charge is 0.506 e. The van der Waals surface area contributed by atoms with Gasteiger partial charge in [0.25, 0.3) is 0 Å². The minimum absolute atomic E-state index is 0.0791. The number of Topliss-reactive ketones (excluding diaryl/α,β-unsaturated/α-hetero) is 1. The third-order valence-corrected chi connectivity index (χ3v) is 2.13. The molecule has 1 aromatic rings. The van der Waals surface area contributed by atoms with Gasteiger partial charge < -0.3 is 9.84 Å². The van der Waals surface area contributed by atoms with Crippen molar-refractivity contribution >= 4 is 17.5 Å². The number of aliphatic hydroxyl groups excluding tert-OH is 1. The molecule has 0 saturated heterocycles. The highest BCUT2D eigenvalue weighted by Gasteiger charge is 2.35. The van der Waals surface area contributed by atoms with E-state index in [1.807, 2.05) is 0 Å². The number of ether oxygens (including phenoxy) is 1. The molecule has 1 aliphatic rings. The lowest BCUT2D eigenvalue weighted by atomic mass is 10.2. The summed E-state index contributed by atoms with van der Waals surface area (Å²) in [6, 6.07) is 3.09. The van der Waals surface area contributed by atoms with Crippen molar-refractivity contribution in [3.63, 3.8) is 0 Å². The van der Waals surface area contributed by atoms with E-state index in [0.717, 1.165) is 7.11 Å². The Morgan fingerprint density at radius 2 is 2.27 bits per heavy atom. The molecule has 5 heteroatoms. The fraction of sp³-hybridized carbons (Fsp3) is 0.100. The fourth-order valence-corrected chi connectivity index (χ4v) is 1.43. The van der Waals surface area contributed by atoms with Crippen LogP contribution in [0.4, 0.5) is 0 Å². The first-order valence-corrected chi connectivity index (χ1v) is 4.18. The summed E-state index contributed by atoms with van der Waals surface area (Å²) in [6.07, 6.45) is 1.42. The summed E-state index contributed by atoms with van der Waals surface area (Å²) in [5.41, 5.74) is -0.00972. The maximum absolute atomic E-state index is 11.6. The van der Waals surface area contributed by atoms with Gasteiger partial charge in [-0.2, -0.15) is 0 Å². The van der Waals surface area contributed by atoms with Crippen LogP contribution in [0.2, 0.25) is 0 Å². The van der Waals surface area contributed by atoms with E-state index in [-0.39, 0.29) is 22.6 Å². The number of pyridine rings is 1. The Balaban J connectivity index is 2.60. The van der Waals surface area contributed by atoms with Crippen molar-refractivity contribution in [1.29, 1.82) is 0 Å². The summed E-state index contributed by atoms with van der Waals surface area (Å²) < 4.78 is 4.40. The maximum Gasteiger partial charge on any atom is 0.345 e. The molecule has 0 radical (unpaired) electrons. The lowest BCUT2D eigenvalue weighted by Gasteiger charge is -1.97. The van der Waals surface area contributed by atoms with Gasteiger partial charge in [0.15, 0.2) is 5.57 Å². The number of aromatic nitrogens is 1. The van der Waals surface area contributed by atoms with Gasteiger partial charge in [-0.15, -0.1) is 0 Å². The van der Waals surface area contributed by atoms with E-state index >= 15 is 0 Å². The average molecular weight is 205 g/mol. The topological polar surface area (TPSA) is 76.5 Å². The first-order chi connectivity index (χ1) is 7.16. The molecule has 1 aromatic heterocycles. The molecule has 1 aliphatic carbocycles. The van der Waals surface area contributed by atoms with Crippen LogP contribution in [0.15, 0.2) is 23.9 Å². The third-order valence-electron chi connectivity index (χ3n) is 2.13. The van der Waals surface area contributed by atoms with Crippen LogP contribution in [0.5, 0.6) is 0 Å². The van der Waals surface area contributed by atoms with Crippen LogP contribution >= 0.6 is 0 Å². The second-order valence-electron chi connectivity index (χ2n) is 2.94. The first-order valence-electron chi connectivity index (χ1n) is 4.18. The number of esters is 1. The van der Waals surface area contributed by atoms with Crippen LogP contribution in [0.25, 0.3) is 5.76 Å². The van der Waals surface area contributed by atoms with E-state index in [4.69, 9.17) is 0 Å². The normalized spacial score (nSPS) is 14.1. The number of hydrogen-bond acceptors (Lipinski definition) is 5. The van der Waals surface area contributed by atoms with Crippen LogP contribution in [0.1, 0.15) is 16.1 Å². The first kappa shape index (κ1) is 9.39.